The van der Waals surface area contributed by atoms with Gasteiger partial charge < -0.3 is 5.73 Å². The molecule has 0 aliphatic heterocycles. The summed E-state index contributed by atoms with van der Waals surface area (Å²) in [4.78, 5) is 9.01. The molecule has 2 aromatic heterocycles. The molecule has 0 aromatic carbocycles. The van der Waals surface area contributed by atoms with Gasteiger partial charge in [-0.1, -0.05) is 15.9 Å². The van der Waals surface area contributed by atoms with E-state index >= 15 is 0 Å². The van der Waals surface area contributed by atoms with E-state index in [0.29, 0.717) is 5.82 Å². The van der Waals surface area contributed by atoms with E-state index in [-0.39, 0.29) is 0 Å². The van der Waals surface area contributed by atoms with Crippen molar-refractivity contribution in [3.05, 3.63) is 17.3 Å². The first kappa shape index (κ1) is 7.94. The normalized spacial score (nSPS) is 10.8. The number of anilines is 1. The molecule has 0 saturated carbocycles. The number of hydrogen-bond donors (Lipinski definition) is 1. The smallest absolute Gasteiger partial charge is 0.135 e. The average Bonchev–Trinajstić information content (AvgIpc) is 2.49. The second-order valence-corrected chi connectivity index (χ2v) is 3.75. The molecule has 0 unspecified atom stereocenters. The molecule has 62 valence electrons. The number of nitrogens with zero attached hydrogens (tertiary/aromatic N) is 2. The third-order valence-corrected chi connectivity index (χ3v) is 3.16. The van der Waals surface area contributed by atoms with Gasteiger partial charge in [-0.25, -0.2) is 9.97 Å². The Morgan fingerprint density at radius 3 is 3.08 bits per heavy atom. The zero-order valence-corrected chi connectivity index (χ0v) is 8.52. The summed E-state index contributed by atoms with van der Waals surface area (Å²) in [5, 5.41) is 3.83. The molecule has 5 heteroatoms. The van der Waals surface area contributed by atoms with Gasteiger partial charge in [0.05, 0.1) is 5.39 Å². The van der Waals surface area contributed by atoms with E-state index in [2.05, 4.69) is 25.9 Å². The summed E-state index contributed by atoms with van der Waals surface area (Å²) in [5.74, 6) is 0.565. The maximum Gasteiger partial charge on any atom is 0.135 e. The van der Waals surface area contributed by atoms with Crippen LogP contribution < -0.4 is 5.73 Å². The van der Waals surface area contributed by atoms with Crippen LogP contribution in [0.1, 0.15) is 5.56 Å². The summed E-state index contributed by atoms with van der Waals surface area (Å²) in [7, 11) is 0. The van der Waals surface area contributed by atoms with Crippen molar-refractivity contribution in [1.29, 1.82) is 0 Å². The lowest BCUT2D eigenvalue weighted by molar-refractivity contribution is 1.24. The Morgan fingerprint density at radius 2 is 2.33 bits per heavy atom. The molecule has 0 fully saturated rings. The topological polar surface area (TPSA) is 51.8 Å². The average molecular weight is 244 g/mol. The minimum Gasteiger partial charge on any atom is -0.383 e. The summed E-state index contributed by atoms with van der Waals surface area (Å²) in [5.41, 5.74) is 6.87. The molecule has 0 atom stereocenters. The lowest BCUT2D eigenvalue weighted by Gasteiger charge is -1.95. The third-order valence-electron chi connectivity index (χ3n) is 1.62. The quantitative estimate of drug-likeness (QED) is 0.782. The first-order chi connectivity index (χ1) is 5.83. The maximum absolute atomic E-state index is 5.71. The van der Waals surface area contributed by atoms with Crippen LogP contribution in [0, 0.1) is 0 Å². The Morgan fingerprint density at radius 1 is 1.50 bits per heavy atom. The summed E-state index contributed by atoms with van der Waals surface area (Å²) < 4.78 is 0. The van der Waals surface area contributed by atoms with Crippen molar-refractivity contribution < 1.29 is 0 Å². The molecule has 2 aromatic rings. The van der Waals surface area contributed by atoms with Crippen molar-refractivity contribution in [2.24, 2.45) is 0 Å². The molecule has 0 aliphatic rings. The van der Waals surface area contributed by atoms with Gasteiger partial charge in [0.15, 0.2) is 0 Å². The number of alkyl halides is 1. The lowest BCUT2D eigenvalue weighted by Crippen LogP contribution is -1.92. The highest BCUT2D eigenvalue weighted by molar-refractivity contribution is 9.08. The minimum absolute atomic E-state index is 0.565. The minimum atomic E-state index is 0.565. The first-order valence-electron chi connectivity index (χ1n) is 3.35. The van der Waals surface area contributed by atoms with Gasteiger partial charge in [-0.2, -0.15) is 0 Å². The van der Waals surface area contributed by atoms with Crippen molar-refractivity contribution in [3.8, 4) is 0 Å². The highest BCUT2D eigenvalue weighted by Crippen LogP contribution is 2.28. The third kappa shape index (κ3) is 1.09. The van der Waals surface area contributed by atoms with Crippen LogP contribution in [-0.4, -0.2) is 9.97 Å². The Kier molecular flexibility index (Phi) is 1.98. The van der Waals surface area contributed by atoms with Gasteiger partial charge in [0.25, 0.3) is 0 Å². The summed E-state index contributed by atoms with van der Waals surface area (Å²) in [6.45, 7) is 0. The van der Waals surface area contributed by atoms with Crippen LogP contribution in [-0.2, 0) is 5.33 Å². The van der Waals surface area contributed by atoms with E-state index in [1.165, 1.54) is 6.33 Å². The molecule has 2 rings (SSSR count). The Hall–Kier alpha value is -0.680. The molecule has 2 heterocycles. The van der Waals surface area contributed by atoms with E-state index < -0.39 is 0 Å². The largest absolute Gasteiger partial charge is 0.383 e. The molecule has 0 saturated heterocycles. The second-order valence-electron chi connectivity index (χ2n) is 2.33. The number of thiophene rings is 1. The van der Waals surface area contributed by atoms with Gasteiger partial charge in [0, 0.05) is 5.33 Å². The fourth-order valence-electron chi connectivity index (χ4n) is 1.06. The summed E-state index contributed by atoms with van der Waals surface area (Å²) >= 11 is 4.98. The summed E-state index contributed by atoms with van der Waals surface area (Å²) in [6, 6.07) is 0. The lowest BCUT2D eigenvalue weighted by atomic mass is 10.2. The van der Waals surface area contributed by atoms with Crippen molar-refractivity contribution in [3.63, 3.8) is 0 Å². The van der Waals surface area contributed by atoms with E-state index in [0.717, 1.165) is 21.1 Å². The number of aromatic nitrogens is 2. The Labute approximate surface area is 81.8 Å². The SMILES string of the molecule is Nc1ncnc2scc(CBr)c12. The van der Waals surface area contributed by atoms with Crippen LogP contribution in [0.5, 0.6) is 0 Å². The molecular formula is C7H6BrN3S. The van der Waals surface area contributed by atoms with E-state index in [9.17, 15) is 0 Å². The van der Waals surface area contributed by atoms with Crippen LogP contribution in [0.2, 0.25) is 0 Å². The molecule has 2 N–H and O–H groups in total. The number of fused-ring (bicyclic) bond motifs is 1. The number of nitrogen functional groups attached to an aromatic ring is 1. The van der Waals surface area contributed by atoms with Crippen molar-refractivity contribution in [1.82, 2.24) is 9.97 Å². The molecule has 0 aliphatic carbocycles. The van der Waals surface area contributed by atoms with Crippen molar-refractivity contribution >= 4 is 43.3 Å². The predicted molar refractivity (Wildman–Crippen MR) is 54.5 cm³/mol. The standard InChI is InChI=1S/C7H6BrN3S/c8-1-4-2-12-7-5(4)6(9)10-3-11-7/h2-3H,1H2,(H2,9,10,11). The van der Waals surface area contributed by atoms with Gasteiger partial charge in [-0.3, -0.25) is 0 Å². The van der Waals surface area contributed by atoms with E-state index in [4.69, 9.17) is 5.73 Å². The fourth-order valence-corrected chi connectivity index (χ4v) is 2.63. The number of rotatable bonds is 1. The number of halogens is 1. The molecule has 0 spiro atoms. The maximum atomic E-state index is 5.71. The highest BCUT2D eigenvalue weighted by Gasteiger charge is 2.07. The molecule has 12 heavy (non-hydrogen) atoms. The van der Waals surface area contributed by atoms with Gasteiger partial charge in [-0.05, 0) is 10.9 Å². The molecule has 0 radical (unpaired) electrons. The van der Waals surface area contributed by atoms with Crippen LogP contribution in [0.3, 0.4) is 0 Å². The van der Waals surface area contributed by atoms with Crippen LogP contribution in [0.15, 0.2) is 11.7 Å². The monoisotopic (exact) mass is 243 g/mol. The fraction of sp³-hybridized carbons (Fsp3) is 0.143. The first-order valence-corrected chi connectivity index (χ1v) is 5.35. The van der Waals surface area contributed by atoms with Gasteiger partial charge in [-0.15, -0.1) is 11.3 Å². The zero-order valence-electron chi connectivity index (χ0n) is 6.12. The van der Waals surface area contributed by atoms with E-state index in [1.54, 1.807) is 11.3 Å². The number of nitrogens with two attached hydrogens (primary N) is 1. The molecular weight excluding hydrogens is 238 g/mol. The second kappa shape index (κ2) is 2.99. The molecule has 0 amide bonds. The van der Waals surface area contributed by atoms with Gasteiger partial charge in [0.2, 0.25) is 0 Å². The summed E-state index contributed by atoms with van der Waals surface area (Å²) in [6.07, 6.45) is 1.49. The molecule has 0 bridgehead atoms. The Balaban J connectivity index is 2.83. The highest BCUT2D eigenvalue weighted by atomic mass is 79.9. The predicted octanol–water partition coefficient (Wildman–Crippen LogP) is 2.17. The molecule has 3 nitrogen and oxygen atoms in total. The van der Waals surface area contributed by atoms with Crippen molar-refractivity contribution in [2.75, 3.05) is 5.73 Å². The van der Waals surface area contributed by atoms with Crippen LogP contribution in [0.25, 0.3) is 10.2 Å². The Bertz CT molecular complexity index is 412. The van der Waals surface area contributed by atoms with Crippen LogP contribution >= 0.6 is 27.3 Å². The van der Waals surface area contributed by atoms with Crippen LogP contribution in [0.4, 0.5) is 5.82 Å². The van der Waals surface area contributed by atoms with Crippen molar-refractivity contribution in [2.45, 2.75) is 5.33 Å². The van der Waals surface area contributed by atoms with Gasteiger partial charge >= 0.3 is 0 Å². The van der Waals surface area contributed by atoms with Gasteiger partial charge in [0.1, 0.15) is 17.0 Å². The van der Waals surface area contributed by atoms with E-state index in [1.807, 2.05) is 5.38 Å². The zero-order chi connectivity index (χ0) is 8.55. The number of hydrogen-bond acceptors (Lipinski definition) is 4.